The third kappa shape index (κ3) is 4.56. The lowest BCUT2D eigenvalue weighted by atomic mass is 10.1. The maximum atomic E-state index is 13.1. The molecule has 1 fully saturated rings. The van der Waals surface area contributed by atoms with Gasteiger partial charge in [0.25, 0.3) is 0 Å². The molecule has 1 aliphatic rings. The predicted octanol–water partition coefficient (Wildman–Crippen LogP) is 3.05. The fourth-order valence-corrected chi connectivity index (χ4v) is 2.61. The van der Waals surface area contributed by atoms with E-state index in [9.17, 15) is 4.39 Å². The summed E-state index contributed by atoms with van der Waals surface area (Å²) in [5, 5.41) is 3.80. The lowest BCUT2D eigenvalue weighted by Gasteiger charge is -2.26. The van der Waals surface area contributed by atoms with Crippen molar-refractivity contribution in [3.8, 4) is 0 Å². The van der Waals surface area contributed by atoms with Crippen molar-refractivity contribution in [3.63, 3.8) is 0 Å². The fourth-order valence-electron chi connectivity index (χ4n) is 2.37. The second-order valence-corrected chi connectivity index (χ2v) is 5.29. The molecule has 1 aromatic rings. The predicted molar refractivity (Wildman–Crippen MR) is 73.4 cm³/mol. The molecule has 0 aliphatic carbocycles. The van der Waals surface area contributed by atoms with Crippen molar-refractivity contribution >= 4 is 11.6 Å². The third-order valence-corrected chi connectivity index (χ3v) is 3.52. The molecule has 0 aromatic heterocycles. The number of halogens is 2. The highest BCUT2D eigenvalue weighted by Crippen LogP contribution is 2.13. The first-order valence-corrected chi connectivity index (χ1v) is 7.00. The van der Waals surface area contributed by atoms with Gasteiger partial charge in [-0.05, 0) is 49.7 Å². The van der Waals surface area contributed by atoms with Gasteiger partial charge in [-0.3, -0.25) is 0 Å². The molecule has 1 aromatic carbocycles. The number of nitrogens with zero attached hydrogens (tertiary/aromatic N) is 1. The van der Waals surface area contributed by atoms with E-state index in [2.05, 4.69) is 10.2 Å². The van der Waals surface area contributed by atoms with E-state index in [4.69, 9.17) is 11.6 Å². The Labute approximate surface area is 113 Å². The molecule has 1 N–H and O–H groups in total. The third-order valence-electron chi connectivity index (χ3n) is 3.30. The van der Waals surface area contributed by atoms with Gasteiger partial charge in [0.2, 0.25) is 0 Å². The molecule has 1 aliphatic heterocycles. The van der Waals surface area contributed by atoms with Gasteiger partial charge in [-0.2, -0.15) is 0 Å². The summed E-state index contributed by atoms with van der Waals surface area (Å²) < 4.78 is 13.1. The van der Waals surface area contributed by atoms with E-state index in [1.165, 1.54) is 44.5 Å². The molecule has 0 amide bonds. The van der Waals surface area contributed by atoms with Gasteiger partial charge < -0.3 is 10.2 Å². The van der Waals surface area contributed by atoms with Crippen LogP contribution in [0.25, 0.3) is 0 Å². The topological polar surface area (TPSA) is 15.3 Å². The van der Waals surface area contributed by atoms with E-state index >= 15 is 0 Å². The average Bonchev–Trinajstić information content (AvgIpc) is 2.35. The van der Waals surface area contributed by atoms with Crippen molar-refractivity contribution in [1.29, 1.82) is 0 Å². The molecule has 1 heterocycles. The van der Waals surface area contributed by atoms with E-state index in [1.54, 1.807) is 6.07 Å². The Morgan fingerprint density at radius 1 is 1.17 bits per heavy atom. The minimum atomic E-state index is -0.268. The van der Waals surface area contributed by atoms with Crippen molar-refractivity contribution < 1.29 is 4.39 Å². The highest BCUT2D eigenvalue weighted by Gasteiger charge is 2.08. The van der Waals surface area contributed by atoms with Gasteiger partial charge in [-0.25, -0.2) is 4.39 Å². The zero-order valence-corrected chi connectivity index (χ0v) is 11.3. The van der Waals surface area contributed by atoms with Crippen molar-refractivity contribution in [2.24, 2.45) is 0 Å². The van der Waals surface area contributed by atoms with Crippen LogP contribution < -0.4 is 5.32 Å². The first-order valence-electron chi connectivity index (χ1n) is 6.62. The Morgan fingerprint density at radius 3 is 2.67 bits per heavy atom. The molecule has 4 heteroatoms. The lowest BCUT2D eigenvalue weighted by molar-refractivity contribution is 0.229. The van der Waals surface area contributed by atoms with Crippen LogP contribution in [-0.4, -0.2) is 31.1 Å². The molecular weight excluding hydrogens is 251 g/mol. The first kappa shape index (κ1) is 13.8. The molecule has 0 spiro atoms. The molecule has 100 valence electrons. The number of hydrogen-bond donors (Lipinski definition) is 1. The Kier molecular flexibility index (Phi) is 5.42. The zero-order valence-electron chi connectivity index (χ0n) is 10.6. The van der Waals surface area contributed by atoms with Crippen LogP contribution in [0.4, 0.5) is 4.39 Å². The van der Waals surface area contributed by atoms with E-state index in [-0.39, 0.29) is 5.82 Å². The molecule has 2 rings (SSSR count). The summed E-state index contributed by atoms with van der Waals surface area (Å²) in [6, 6.07) is 4.66. The molecular formula is C14H20ClFN2. The van der Waals surface area contributed by atoms with Crippen LogP contribution in [-0.2, 0) is 6.54 Å². The van der Waals surface area contributed by atoms with Crippen LogP contribution in [0.2, 0.25) is 5.02 Å². The van der Waals surface area contributed by atoms with Gasteiger partial charge in [0.05, 0.1) is 0 Å². The van der Waals surface area contributed by atoms with Gasteiger partial charge in [0, 0.05) is 24.7 Å². The summed E-state index contributed by atoms with van der Waals surface area (Å²) in [6.45, 7) is 5.11. The summed E-state index contributed by atoms with van der Waals surface area (Å²) in [5.41, 5.74) is 0.902. The van der Waals surface area contributed by atoms with Crippen LogP contribution in [0.1, 0.15) is 24.8 Å². The molecule has 0 bridgehead atoms. The van der Waals surface area contributed by atoms with Gasteiger partial charge >= 0.3 is 0 Å². The minimum absolute atomic E-state index is 0.268. The van der Waals surface area contributed by atoms with Gasteiger partial charge in [-0.15, -0.1) is 0 Å². The van der Waals surface area contributed by atoms with Gasteiger partial charge in [-0.1, -0.05) is 18.0 Å². The lowest BCUT2D eigenvalue weighted by Crippen LogP contribution is -2.35. The highest BCUT2D eigenvalue weighted by atomic mass is 35.5. The Balaban J connectivity index is 1.68. The minimum Gasteiger partial charge on any atom is -0.311 e. The van der Waals surface area contributed by atoms with E-state index in [0.717, 1.165) is 18.7 Å². The number of likely N-dealkylation sites (tertiary alicyclic amines) is 1. The summed E-state index contributed by atoms with van der Waals surface area (Å²) >= 11 is 5.81. The second kappa shape index (κ2) is 7.07. The van der Waals surface area contributed by atoms with Gasteiger partial charge in [0.1, 0.15) is 5.82 Å². The monoisotopic (exact) mass is 270 g/mol. The number of rotatable bonds is 5. The van der Waals surface area contributed by atoms with E-state index in [0.29, 0.717) is 11.6 Å². The first-order chi connectivity index (χ1) is 8.74. The standard InChI is InChI=1S/C14H20ClFN2/c15-13-8-12(9-14(16)10-13)11-17-4-7-18-5-2-1-3-6-18/h8-10,17H,1-7,11H2. The fraction of sp³-hybridized carbons (Fsp3) is 0.571. The second-order valence-electron chi connectivity index (χ2n) is 4.86. The zero-order chi connectivity index (χ0) is 12.8. The SMILES string of the molecule is Fc1cc(Cl)cc(CNCCN2CCCCC2)c1. The molecule has 18 heavy (non-hydrogen) atoms. The Bertz CT molecular complexity index is 358. The quantitative estimate of drug-likeness (QED) is 0.828. The molecule has 0 radical (unpaired) electrons. The van der Waals surface area contributed by atoms with Crippen LogP contribution in [0.3, 0.4) is 0 Å². The number of piperidine rings is 1. The number of benzene rings is 1. The van der Waals surface area contributed by atoms with Crippen LogP contribution in [0.15, 0.2) is 18.2 Å². The maximum absolute atomic E-state index is 13.1. The van der Waals surface area contributed by atoms with Crippen LogP contribution in [0.5, 0.6) is 0 Å². The molecule has 0 atom stereocenters. The molecule has 0 saturated carbocycles. The summed E-state index contributed by atoms with van der Waals surface area (Å²) in [5.74, 6) is -0.268. The Hall–Kier alpha value is -0.640. The van der Waals surface area contributed by atoms with Crippen molar-refractivity contribution in [1.82, 2.24) is 10.2 Å². The number of hydrogen-bond acceptors (Lipinski definition) is 2. The summed E-state index contributed by atoms with van der Waals surface area (Å²) in [6.07, 6.45) is 4.00. The van der Waals surface area contributed by atoms with Crippen LogP contribution >= 0.6 is 11.6 Å². The van der Waals surface area contributed by atoms with Crippen molar-refractivity contribution in [2.45, 2.75) is 25.8 Å². The summed E-state index contributed by atoms with van der Waals surface area (Å²) in [4.78, 5) is 2.48. The Morgan fingerprint density at radius 2 is 1.94 bits per heavy atom. The molecule has 0 unspecified atom stereocenters. The maximum Gasteiger partial charge on any atom is 0.125 e. The average molecular weight is 271 g/mol. The van der Waals surface area contributed by atoms with E-state index < -0.39 is 0 Å². The molecule has 1 saturated heterocycles. The normalized spacial score (nSPS) is 17.0. The van der Waals surface area contributed by atoms with Crippen molar-refractivity contribution in [3.05, 3.63) is 34.6 Å². The highest BCUT2D eigenvalue weighted by molar-refractivity contribution is 6.30. The van der Waals surface area contributed by atoms with Gasteiger partial charge in [0.15, 0.2) is 0 Å². The largest absolute Gasteiger partial charge is 0.311 e. The number of nitrogens with one attached hydrogen (secondary N) is 1. The van der Waals surface area contributed by atoms with Crippen LogP contribution in [0, 0.1) is 5.82 Å². The van der Waals surface area contributed by atoms with Crippen molar-refractivity contribution in [2.75, 3.05) is 26.2 Å². The summed E-state index contributed by atoms with van der Waals surface area (Å²) in [7, 11) is 0. The molecule has 2 nitrogen and oxygen atoms in total. The smallest absolute Gasteiger partial charge is 0.125 e. The van der Waals surface area contributed by atoms with E-state index in [1.807, 2.05) is 0 Å².